The van der Waals surface area contributed by atoms with Gasteiger partial charge in [0.15, 0.2) is 12.4 Å². The van der Waals surface area contributed by atoms with Crippen LogP contribution in [0.1, 0.15) is 48.0 Å². The number of sulfonamides is 1. The molecule has 4 rings (SSSR count). The maximum absolute atomic E-state index is 12.6. The number of rotatable bonds is 9. The van der Waals surface area contributed by atoms with Crippen LogP contribution < -0.4 is 0 Å². The lowest BCUT2D eigenvalue weighted by atomic mass is 10.1. The molecule has 0 N–H and O–H groups in total. The Hall–Kier alpha value is -3.37. The summed E-state index contributed by atoms with van der Waals surface area (Å²) in [5.41, 5.74) is 2.03. The van der Waals surface area contributed by atoms with Crippen molar-refractivity contribution in [3.8, 4) is 0 Å². The van der Waals surface area contributed by atoms with Gasteiger partial charge in [0.25, 0.3) is 0 Å². The zero-order valence-electron chi connectivity index (χ0n) is 19.3. The van der Waals surface area contributed by atoms with Crippen LogP contribution in [0.2, 0.25) is 0 Å². The molecule has 1 amide bonds. The summed E-state index contributed by atoms with van der Waals surface area (Å²) in [6.07, 6.45) is 2.10. The molecule has 2 aromatic rings. The van der Waals surface area contributed by atoms with Crippen LogP contribution in [-0.2, 0) is 24.3 Å². The number of hydrazone groups is 1. The number of carbonyl (C=O) groups excluding carboxylic acids is 3. The summed E-state index contributed by atoms with van der Waals surface area (Å²) < 4.78 is 31.6. The lowest BCUT2D eigenvalue weighted by molar-refractivity contribution is -0.145. The third kappa shape index (κ3) is 6.01. The Morgan fingerprint density at radius 1 is 0.886 bits per heavy atom. The first-order valence-electron chi connectivity index (χ1n) is 11.6. The van der Waals surface area contributed by atoms with Crippen LogP contribution in [-0.4, -0.2) is 67.3 Å². The van der Waals surface area contributed by atoms with Crippen molar-refractivity contribution in [3.63, 3.8) is 0 Å². The lowest BCUT2D eigenvalue weighted by Crippen LogP contribution is -2.27. The molecule has 1 fully saturated rings. The van der Waals surface area contributed by atoms with Gasteiger partial charge < -0.3 is 4.74 Å². The normalized spacial score (nSPS) is 16.2. The van der Waals surface area contributed by atoms with Gasteiger partial charge in [-0.15, -0.1) is 0 Å². The topological polar surface area (TPSA) is 113 Å². The molecule has 0 unspecified atom stereocenters. The van der Waals surface area contributed by atoms with E-state index in [-0.39, 0.29) is 29.2 Å². The summed E-state index contributed by atoms with van der Waals surface area (Å²) >= 11 is 0. The van der Waals surface area contributed by atoms with Crippen molar-refractivity contribution >= 4 is 33.4 Å². The first-order chi connectivity index (χ1) is 16.8. The van der Waals surface area contributed by atoms with E-state index in [0.717, 1.165) is 24.1 Å². The minimum absolute atomic E-state index is 0.0678. The van der Waals surface area contributed by atoms with Crippen LogP contribution in [0.15, 0.2) is 64.6 Å². The summed E-state index contributed by atoms with van der Waals surface area (Å²) in [7, 11) is -3.56. The number of ketones is 1. The van der Waals surface area contributed by atoms with E-state index >= 15 is 0 Å². The van der Waals surface area contributed by atoms with Crippen molar-refractivity contribution in [3.05, 3.63) is 65.7 Å². The molecule has 0 saturated carbocycles. The molecule has 10 heteroatoms. The van der Waals surface area contributed by atoms with Gasteiger partial charge in [-0.05, 0) is 42.7 Å². The highest BCUT2D eigenvalue weighted by Crippen LogP contribution is 2.21. The van der Waals surface area contributed by atoms with E-state index in [4.69, 9.17) is 4.74 Å². The molecule has 0 aromatic heterocycles. The predicted molar refractivity (Wildman–Crippen MR) is 128 cm³/mol. The SMILES string of the molecule is O=C(CCC(=O)N1CCC(c2ccccc2)=N1)OCC(=O)c1ccc(S(=O)(=O)N2CCCC2)cc1. The van der Waals surface area contributed by atoms with Gasteiger partial charge in [-0.3, -0.25) is 14.4 Å². The number of Topliss-reactive ketones (excluding diaryl/α,β-unsaturated/α-hetero) is 1. The van der Waals surface area contributed by atoms with Gasteiger partial charge in [0.05, 0.1) is 23.6 Å². The first-order valence-corrected chi connectivity index (χ1v) is 13.0. The molecule has 0 bridgehead atoms. The highest BCUT2D eigenvalue weighted by Gasteiger charge is 2.27. The minimum atomic E-state index is -3.56. The van der Waals surface area contributed by atoms with Crippen molar-refractivity contribution in [1.82, 2.24) is 9.31 Å². The van der Waals surface area contributed by atoms with Crippen LogP contribution >= 0.6 is 0 Å². The molecule has 2 aliphatic heterocycles. The van der Waals surface area contributed by atoms with E-state index in [0.29, 0.717) is 26.1 Å². The van der Waals surface area contributed by atoms with Crippen LogP contribution in [0.25, 0.3) is 0 Å². The summed E-state index contributed by atoms with van der Waals surface area (Å²) in [4.78, 5) is 36.9. The molecule has 9 nitrogen and oxygen atoms in total. The van der Waals surface area contributed by atoms with Crippen LogP contribution in [0, 0.1) is 0 Å². The molecule has 2 aromatic carbocycles. The summed E-state index contributed by atoms with van der Waals surface area (Å²) in [5, 5.41) is 5.71. The molecule has 0 spiro atoms. The lowest BCUT2D eigenvalue weighted by Gasteiger charge is -2.15. The zero-order valence-corrected chi connectivity index (χ0v) is 20.1. The summed E-state index contributed by atoms with van der Waals surface area (Å²) in [6, 6.07) is 15.2. The second-order valence-corrected chi connectivity index (χ2v) is 10.3. The number of nitrogens with zero attached hydrogens (tertiary/aromatic N) is 3. The van der Waals surface area contributed by atoms with Gasteiger partial charge >= 0.3 is 5.97 Å². The maximum Gasteiger partial charge on any atom is 0.306 e. The van der Waals surface area contributed by atoms with E-state index in [9.17, 15) is 22.8 Å². The van der Waals surface area contributed by atoms with Crippen LogP contribution in [0.5, 0.6) is 0 Å². The van der Waals surface area contributed by atoms with E-state index < -0.39 is 28.4 Å². The highest BCUT2D eigenvalue weighted by atomic mass is 32.2. The van der Waals surface area contributed by atoms with Crippen LogP contribution in [0.3, 0.4) is 0 Å². The van der Waals surface area contributed by atoms with Crippen molar-refractivity contribution < 1.29 is 27.5 Å². The fourth-order valence-electron chi connectivity index (χ4n) is 4.00. The molecule has 2 aliphatic rings. The monoisotopic (exact) mass is 497 g/mol. The second-order valence-electron chi connectivity index (χ2n) is 8.40. The number of amides is 1. The van der Waals surface area contributed by atoms with Gasteiger partial charge in [0, 0.05) is 31.5 Å². The molecule has 0 atom stereocenters. The smallest absolute Gasteiger partial charge is 0.306 e. The number of hydrogen-bond acceptors (Lipinski definition) is 7. The van der Waals surface area contributed by atoms with Crippen molar-refractivity contribution in [2.75, 3.05) is 26.2 Å². The molecule has 35 heavy (non-hydrogen) atoms. The predicted octanol–water partition coefficient (Wildman–Crippen LogP) is 2.61. The molecule has 0 radical (unpaired) electrons. The van der Waals surface area contributed by atoms with Crippen molar-refractivity contribution in [2.45, 2.75) is 37.0 Å². The van der Waals surface area contributed by atoms with Gasteiger partial charge in [0.2, 0.25) is 15.9 Å². The van der Waals surface area contributed by atoms with Gasteiger partial charge in [-0.1, -0.05) is 30.3 Å². The Morgan fingerprint density at radius 2 is 1.57 bits per heavy atom. The van der Waals surface area contributed by atoms with Crippen LogP contribution in [0.4, 0.5) is 0 Å². The largest absolute Gasteiger partial charge is 0.457 e. The Balaban J connectivity index is 1.22. The van der Waals surface area contributed by atoms with E-state index in [1.165, 1.54) is 33.6 Å². The molecule has 2 heterocycles. The van der Waals surface area contributed by atoms with E-state index in [1.807, 2.05) is 30.3 Å². The van der Waals surface area contributed by atoms with E-state index in [2.05, 4.69) is 5.10 Å². The molecular weight excluding hydrogens is 470 g/mol. The maximum atomic E-state index is 12.6. The Morgan fingerprint density at radius 3 is 2.26 bits per heavy atom. The second kappa shape index (κ2) is 10.9. The number of benzene rings is 2. The van der Waals surface area contributed by atoms with Gasteiger partial charge in [-0.25, -0.2) is 13.4 Å². The Bertz CT molecular complexity index is 1220. The summed E-state index contributed by atoms with van der Waals surface area (Å²) in [5.74, 6) is -1.40. The standard InChI is InChI=1S/C25H27N3O6S/c29-23(20-8-10-21(11-9-20)35(32,33)27-15-4-5-16-27)18-34-25(31)13-12-24(30)28-17-14-22(26-28)19-6-2-1-3-7-19/h1-3,6-11H,4-5,12-18H2. The van der Waals surface area contributed by atoms with Crippen molar-refractivity contribution in [1.29, 1.82) is 0 Å². The quantitative estimate of drug-likeness (QED) is 0.389. The van der Waals surface area contributed by atoms with Gasteiger partial charge in [-0.2, -0.15) is 9.41 Å². The molecule has 1 saturated heterocycles. The average molecular weight is 498 g/mol. The zero-order chi connectivity index (χ0) is 24.8. The fourth-order valence-corrected chi connectivity index (χ4v) is 5.52. The third-order valence-electron chi connectivity index (χ3n) is 5.98. The van der Waals surface area contributed by atoms with E-state index in [1.54, 1.807) is 0 Å². The Labute approximate surface area is 204 Å². The fraction of sp³-hybridized carbons (Fsp3) is 0.360. The molecule has 0 aliphatic carbocycles. The third-order valence-corrected chi connectivity index (χ3v) is 7.90. The number of esters is 1. The minimum Gasteiger partial charge on any atom is -0.457 e. The first kappa shape index (κ1) is 24.7. The molecule has 184 valence electrons. The average Bonchev–Trinajstić information content (AvgIpc) is 3.60. The summed E-state index contributed by atoms with van der Waals surface area (Å²) in [6.45, 7) is 0.977. The molecular formula is C25H27N3O6S. The number of ether oxygens (including phenoxy) is 1. The highest BCUT2D eigenvalue weighted by molar-refractivity contribution is 7.89. The van der Waals surface area contributed by atoms with Gasteiger partial charge in [0.1, 0.15) is 0 Å². The van der Waals surface area contributed by atoms with Crippen molar-refractivity contribution in [2.24, 2.45) is 5.10 Å². The number of carbonyl (C=O) groups is 3. The number of hydrogen-bond donors (Lipinski definition) is 0. The Kier molecular flexibility index (Phi) is 7.72.